The number of H-pyrrole nitrogens is 1. The summed E-state index contributed by atoms with van der Waals surface area (Å²) in [4.78, 5) is 54.3. The first-order chi connectivity index (χ1) is 14.8. The molecule has 0 radical (unpaired) electrons. The highest BCUT2D eigenvalue weighted by Gasteiger charge is 2.28. The average molecular weight is 427 g/mol. The highest BCUT2D eigenvalue weighted by Crippen LogP contribution is 2.19. The summed E-state index contributed by atoms with van der Waals surface area (Å²) in [6.45, 7) is 3.02. The topological polar surface area (TPSA) is 154 Å². The number of carbonyl (C=O) groups is 4. The number of Topliss-reactive ketones (excluding diaryl/α,β-unsaturated/α-hetero) is 1. The molecule has 0 saturated heterocycles. The lowest BCUT2D eigenvalue weighted by molar-refractivity contribution is -0.148. The Morgan fingerprint density at radius 2 is 1.94 bits per heavy atom. The van der Waals surface area contributed by atoms with E-state index in [1.165, 1.54) is 6.92 Å². The number of hydrogen-bond donors (Lipinski definition) is 3. The number of aromatic amines is 1. The Balaban J connectivity index is 2.18. The van der Waals surface area contributed by atoms with Gasteiger partial charge in [-0.15, -0.1) is 0 Å². The molecule has 1 aromatic carbocycles. The number of nitrogens with zero attached hydrogens (tertiary/aromatic N) is 2. The van der Waals surface area contributed by atoms with E-state index in [9.17, 15) is 19.2 Å². The number of para-hydroxylation sites is 1. The van der Waals surface area contributed by atoms with Crippen molar-refractivity contribution in [3.63, 3.8) is 0 Å². The Hall–Kier alpha value is -3.78. The molecule has 2 atom stereocenters. The van der Waals surface area contributed by atoms with Crippen LogP contribution < -0.4 is 10.6 Å². The fourth-order valence-corrected chi connectivity index (χ4v) is 3.15. The summed E-state index contributed by atoms with van der Waals surface area (Å²) in [5, 5.41) is 6.09. The van der Waals surface area contributed by atoms with Gasteiger partial charge >= 0.3 is 12.2 Å². The lowest BCUT2D eigenvalue weighted by Gasteiger charge is -2.22. The van der Waals surface area contributed by atoms with E-state index >= 15 is 0 Å². The number of fused-ring (bicyclic) bond motifs is 1. The van der Waals surface area contributed by atoms with Crippen LogP contribution >= 0.6 is 0 Å². The number of ether oxygens (including phenoxy) is 1. The van der Waals surface area contributed by atoms with Crippen molar-refractivity contribution in [3.8, 4) is 0 Å². The van der Waals surface area contributed by atoms with Gasteiger partial charge in [0.25, 0.3) is 0 Å². The molecule has 3 N–H and O–H groups in total. The molecule has 31 heavy (non-hydrogen) atoms. The van der Waals surface area contributed by atoms with Gasteiger partial charge < -0.3 is 25.9 Å². The zero-order chi connectivity index (χ0) is 22.8. The third-order valence-corrected chi connectivity index (χ3v) is 4.56. The monoisotopic (exact) mass is 427 g/mol. The fourth-order valence-electron chi connectivity index (χ4n) is 3.15. The second-order valence-corrected chi connectivity index (χ2v) is 6.88. The smallest absolute Gasteiger partial charge is 0.328 e. The maximum Gasteiger partial charge on any atom is 0.328 e. The standard InChI is InChI=1S/C21H25N5O5/c1-3-31-21(30)18(9-8-15(28)12-24-22)26-20(29)19(25-13(2)27)10-14-11-23-17-7-5-4-6-16(14)17/h4-7,11-12,18-19,23H,3,8-10H2,1-2H3,(H,25,27)(H,26,29)/t18-,19-/m0/s1. The molecule has 0 aliphatic carbocycles. The van der Waals surface area contributed by atoms with Gasteiger partial charge in [-0.05, 0) is 25.0 Å². The number of rotatable bonds is 11. The highest BCUT2D eigenvalue weighted by atomic mass is 16.5. The molecule has 0 saturated carbocycles. The Morgan fingerprint density at radius 3 is 2.61 bits per heavy atom. The van der Waals surface area contributed by atoms with Gasteiger partial charge in [0.1, 0.15) is 12.1 Å². The molecule has 0 bridgehead atoms. The first-order valence-corrected chi connectivity index (χ1v) is 9.85. The summed E-state index contributed by atoms with van der Waals surface area (Å²) in [5.74, 6) is -2.19. The van der Waals surface area contributed by atoms with Crippen LogP contribution in [-0.2, 0) is 30.3 Å². The van der Waals surface area contributed by atoms with Crippen LogP contribution in [0.25, 0.3) is 16.4 Å². The zero-order valence-corrected chi connectivity index (χ0v) is 17.4. The van der Waals surface area contributed by atoms with E-state index in [2.05, 4.69) is 20.4 Å². The van der Waals surface area contributed by atoms with Gasteiger partial charge in [-0.3, -0.25) is 14.4 Å². The maximum atomic E-state index is 12.9. The number of nitrogens with one attached hydrogen (secondary N) is 3. The minimum atomic E-state index is -1.09. The zero-order valence-electron chi connectivity index (χ0n) is 17.4. The summed E-state index contributed by atoms with van der Waals surface area (Å²) >= 11 is 0. The van der Waals surface area contributed by atoms with E-state index in [1.807, 2.05) is 24.3 Å². The van der Waals surface area contributed by atoms with Crippen LogP contribution in [0.5, 0.6) is 0 Å². The highest BCUT2D eigenvalue weighted by molar-refractivity contribution is 6.25. The van der Waals surface area contributed by atoms with Crippen molar-refractivity contribution in [2.75, 3.05) is 6.61 Å². The van der Waals surface area contributed by atoms with E-state index < -0.39 is 35.7 Å². The normalized spacial score (nSPS) is 12.3. The Morgan fingerprint density at radius 1 is 1.19 bits per heavy atom. The predicted molar refractivity (Wildman–Crippen MR) is 112 cm³/mol. The molecule has 0 fully saturated rings. The number of carbonyl (C=O) groups excluding carboxylic acids is 4. The van der Waals surface area contributed by atoms with Gasteiger partial charge in [-0.2, -0.15) is 4.79 Å². The van der Waals surface area contributed by atoms with E-state index in [0.717, 1.165) is 22.7 Å². The third-order valence-electron chi connectivity index (χ3n) is 4.56. The maximum absolute atomic E-state index is 12.9. The molecule has 10 heteroatoms. The first-order valence-electron chi connectivity index (χ1n) is 9.85. The number of amides is 2. The van der Waals surface area contributed by atoms with Crippen molar-refractivity contribution in [2.24, 2.45) is 0 Å². The number of esters is 1. The second-order valence-electron chi connectivity index (χ2n) is 6.88. The van der Waals surface area contributed by atoms with Crippen molar-refractivity contribution in [1.82, 2.24) is 15.6 Å². The third kappa shape index (κ3) is 6.90. The number of hydrogen-bond acceptors (Lipinski definition) is 5. The van der Waals surface area contributed by atoms with E-state index in [4.69, 9.17) is 10.3 Å². The largest absolute Gasteiger partial charge is 0.464 e. The molecule has 2 aromatic rings. The molecule has 1 aromatic heterocycles. The van der Waals surface area contributed by atoms with Gasteiger partial charge in [-0.1, -0.05) is 18.2 Å². The number of ketones is 1. The quantitative estimate of drug-likeness (QED) is 0.210. The molecule has 1 heterocycles. The van der Waals surface area contributed by atoms with Crippen molar-refractivity contribution in [1.29, 1.82) is 0 Å². The van der Waals surface area contributed by atoms with Crippen LogP contribution in [-0.4, -0.2) is 58.2 Å². The van der Waals surface area contributed by atoms with Crippen LogP contribution in [0.3, 0.4) is 0 Å². The van der Waals surface area contributed by atoms with Crippen LogP contribution in [0.4, 0.5) is 0 Å². The summed E-state index contributed by atoms with van der Waals surface area (Å²) in [5.41, 5.74) is 10.2. The molecule has 10 nitrogen and oxygen atoms in total. The molecule has 0 aliphatic heterocycles. The molecular formula is C21H25N5O5. The minimum absolute atomic E-state index is 0.0463. The molecule has 0 aliphatic rings. The molecule has 2 amide bonds. The molecule has 2 rings (SSSR count). The molecule has 164 valence electrons. The van der Waals surface area contributed by atoms with Crippen molar-refractivity contribution in [3.05, 3.63) is 41.6 Å². The average Bonchev–Trinajstić information content (AvgIpc) is 3.13. The predicted octanol–water partition coefficient (Wildman–Crippen LogP) is 0.913. The summed E-state index contributed by atoms with van der Waals surface area (Å²) in [7, 11) is 0. The Kier molecular flexibility index (Phi) is 8.65. The lowest BCUT2D eigenvalue weighted by atomic mass is 10.0. The minimum Gasteiger partial charge on any atom is -0.464 e. The fraction of sp³-hybridized carbons (Fsp3) is 0.381. The Bertz CT molecular complexity index is 1010. The van der Waals surface area contributed by atoms with Crippen molar-refractivity contribution < 1.29 is 28.7 Å². The van der Waals surface area contributed by atoms with Gasteiger partial charge in [0.05, 0.1) is 6.61 Å². The van der Waals surface area contributed by atoms with Gasteiger partial charge in [-0.25, -0.2) is 4.79 Å². The SMILES string of the molecule is CCOC(=O)[C@H](CCC(=O)C=[N+]=[N-])NC(=O)[C@H](Cc1c[nH]c2ccccc12)NC(C)=O. The van der Waals surface area contributed by atoms with E-state index in [1.54, 1.807) is 13.1 Å². The molecule has 0 unspecified atom stereocenters. The van der Waals surface area contributed by atoms with Crippen LogP contribution in [0, 0.1) is 0 Å². The van der Waals surface area contributed by atoms with Gasteiger partial charge in [0.15, 0.2) is 0 Å². The summed E-state index contributed by atoms with van der Waals surface area (Å²) in [6.07, 6.45) is 2.50. The number of benzene rings is 1. The van der Waals surface area contributed by atoms with Gasteiger partial charge in [0, 0.05) is 36.9 Å². The van der Waals surface area contributed by atoms with Gasteiger partial charge in [0.2, 0.25) is 17.6 Å². The van der Waals surface area contributed by atoms with Crippen molar-refractivity contribution >= 4 is 40.7 Å². The van der Waals surface area contributed by atoms with E-state index in [0.29, 0.717) is 0 Å². The van der Waals surface area contributed by atoms with E-state index in [-0.39, 0.29) is 25.9 Å². The lowest BCUT2D eigenvalue weighted by Crippen LogP contribution is -2.52. The van der Waals surface area contributed by atoms with Crippen LogP contribution in [0.1, 0.15) is 32.3 Å². The Labute approximate surface area is 179 Å². The van der Waals surface area contributed by atoms with Crippen molar-refractivity contribution in [2.45, 2.75) is 45.2 Å². The van der Waals surface area contributed by atoms with Crippen LogP contribution in [0.2, 0.25) is 0 Å². The second kappa shape index (κ2) is 11.4. The number of aromatic nitrogens is 1. The first kappa shape index (κ1) is 23.5. The summed E-state index contributed by atoms with van der Waals surface area (Å²) < 4.78 is 4.98. The molecular weight excluding hydrogens is 402 g/mol. The summed E-state index contributed by atoms with van der Waals surface area (Å²) in [6, 6.07) is 5.52. The molecule has 0 spiro atoms. The van der Waals surface area contributed by atoms with Crippen LogP contribution in [0.15, 0.2) is 30.5 Å².